The van der Waals surface area contributed by atoms with Crippen molar-refractivity contribution >= 4 is 5.91 Å². The Morgan fingerprint density at radius 2 is 2.00 bits per heavy atom. The van der Waals surface area contributed by atoms with Crippen LogP contribution >= 0.6 is 0 Å². The van der Waals surface area contributed by atoms with Crippen molar-refractivity contribution in [2.75, 3.05) is 40.5 Å². The average molecular weight is 359 g/mol. The molecule has 0 aliphatic carbocycles. The minimum Gasteiger partial charge on any atom is -0.497 e. The van der Waals surface area contributed by atoms with Gasteiger partial charge < -0.3 is 18.9 Å². The number of carbonyl (C=O) groups excluding carboxylic acids is 1. The van der Waals surface area contributed by atoms with Crippen LogP contribution in [0.1, 0.15) is 34.8 Å². The molecule has 0 spiro atoms. The molecule has 1 amide bonds. The molecule has 7 nitrogen and oxygen atoms in total. The third-order valence-corrected chi connectivity index (χ3v) is 4.76. The first-order chi connectivity index (χ1) is 12.6. The van der Waals surface area contributed by atoms with E-state index in [9.17, 15) is 4.79 Å². The van der Waals surface area contributed by atoms with Crippen LogP contribution in [-0.2, 0) is 11.3 Å². The van der Waals surface area contributed by atoms with E-state index in [1.807, 2.05) is 31.2 Å². The van der Waals surface area contributed by atoms with E-state index in [4.69, 9.17) is 14.0 Å². The van der Waals surface area contributed by atoms with Crippen molar-refractivity contribution in [3.63, 3.8) is 0 Å². The molecule has 1 aliphatic rings. The van der Waals surface area contributed by atoms with Gasteiger partial charge >= 0.3 is 0 Å². The number of carbonyl (C=O) groups is 1. The molecular formula is C19H25N3O4. The molecule has 26 heavy (non-hydrogen) atoms. The van der Waals surface area contributed by atoms with E-state index in [0.717, 1.165) is 37.6 Å². The maximum Gasteiger partial charge on any atom is 0.276 e. The van der Waals surface area contributed by atoms with E-state index in [2.05, 4.69) is 10.1 Å². The SMILES string of the molecule is COc1ccc([C@@H](C)N(C)C(=O)c2cc(CN3CCOCC3)on2)cc1. The lowest BCUT2D eigenvalue weighted by molar-refractivity contribution is 0.0305. The molecule has 1 aliphatic heterocycles. The lowest BCUT2D eigenvalue weighted by atomic mass is 10.1. The summed E-state index contributed by atoms with van der Waals surface area (Å²) in [7, 11) is 3.40. The van der Waals surface area contributed by atoms with Gasteiger partial charge in [0.2, 0.25) is 0 Å². The quantitative estimate of drug-likeness (QED) is 0.789. The van der Waals surface area contributed by atoms with Crippen molar-refractivity contribution in [3.8, 4) is 5.75 Å². The summed E-state index contributed by atoms with van der Waals surface area (Å²) in [6, 6.07) is 9.34. The van der Waals surface area contributed by atoms with Gasteiger partial charge in [0.1, 0.15) is 5.75 Å². The van der Waals surface area contributed by atoms with Gasteiger partial charge in [-0.2, -0.15) is 0 Å². The summed E-state index contributed by atoms with van der Waals surface area (Å²) in [4.78, 5) is 16.6. The first kappa shape index (κ1) is 18.4. The van der Waals surface area contributed by atoms with Gasteiger partial charge in [0.05, 0.1) is 32.9 Å². The monoisotopic (exact) mass is 359 g/mol. The first-order valence-electron chi connectivity index (χ1n) is 8.75. The lowest BCUT2D eigenvalue weighted by Crippen LogP contribution is -2.35. The van der Waals surface area contributed by atoms with Crippen LogP contribution in [0.5, 0.6) is 5.75 Å². The van der Waals surface area contributed by atoms with Gasteiger partial charge in [-0.3, -0.25) is 9.69 Å². The predicted octanol–water partition coefficient (Wildman–Crippen LogP) is 2.35. The molecule has 0 radical (unpaired) electrons. The van der Waals surface area contributed by atoms with Crippen molar-refractivity contribution in [2.24, 2.45) is 0 Å². The smallest absolute Gasteiger partial charge is 0.276 e. The zero-order chi connectivity index (χ0) is 18.5. The summed E-state index contributed by atoms with van der Waals surface area (Å²) >= 11 is 0. The molecular weight excluding hydrogens is 334 g/mol. The molecule has 1 aromatic heterocycles. The maximum absolute atomic E-state index is 12.7. The van der Waals surface area contributed by atoms with E-state index in [1.165, 1.54) is 0 Å². The van der Waals surface area contributed by atoms with Crippen LogP contribution in [0.15, 0.2) is 34.9 Å². The zero-order valence-corrected chi connectivity index (χ0v) is 15.5. The molecule has 140 valence electrons. The fraction of sp³-hybridized carbons (Fsp3) is 0.474. The fourth-order valence-electron chi connectivity index (χ4n) is 2.93. The second-order valence-electron chi connectivity index (χ2n) is 6.43. The molecule has 3 rings (SSSR count). The molecule has 0 N–H and O–H groups in total. The van der Waals surface area contributed by atoms with Crippen LogP contribution in [0.4, 0.5) is 0 Å². The van der Waals surface area contributed by atoms with Gasteiger partial charge in [0.15, 0.2) is 11.5 Å². The maximum atomic E-state index is 12.7. The molecule has 2 aromatic rings. The van der Waals surface area contributed by atoms with Gasteiger partial charge in [-0.05, 0) is 24.6 Å². The van der Waals surface area contributed by atoms with Crippen LogP contribution in [0.3, 0.4) is 0 Å². The highest BCUT2D eigenvalue weighted by Gasteiger charge is 2.23. The normalized spacial score (nSPS) is 16.3. The van der Waals surface area contributed by atoms with E-state index >= 15 is 0 Å². The van der Waals surface area contributed by atoms with Gasteiger partial charge in [-0.15, -0.1) is 0 Å². The zero-order valence-electron chi connectivity index (χ0n) is 15.5. The summed E-state index contributed by atoms with van der Waals surface area (Å²) in [6.07, 6.45) is 0. The number of morpholine rings is 1. The van der Waals surface area contributed by atoms with Gasteiger partial charge in [0.25, 0.3) is 5.91 Å². The summed E-state index contributed by atoms with van der Waals surface area (Å²) in [5, 5.41) is 3.96. The number of amides is 1. The van der Waals surface area contributed by atoms with Gasteiger partial charge in [-0.1, -0.05) is 17.3 Å². The number of methoxy groups -OCH3 is 1. The summed E-state index contributed by atoms with van der Waals surface area (Å²) < 4.78 is 15.9. The highest BCUT2D eigenvalue weighted by Crippen LogP contribution is 2.23. The second kappa shape index (κ2) is 8.33. The number of ether oxygens (including phenoxy) is 2. The van der Waals surface area contributed by atoms with Crippen LogP contribution in [0.2, 0.25) is 0 Å². The third kappa shape index (κ3) is 4.23. The van der Waals surface area contributed by atoms with E-state index in [1.54, 1.807) is 25.1 Å². The Hall–Kier alpha value is -2.38. The van der Waals surface area contributed by atoms with Crippen LogP contribution in [0, 0.1) is 0 Å². The molecule has 1 saturated heterocycles. The molecule has 1 fully saturated rings. The van der Waals surface area contributed by atoms with Gasteiger partial charge in [0, 0.05) is 26.2 Å². The Morgan fingerprint density at radius 3 is 2.65 bits per heavy atom. The number of nitrogens with zero attached hydrogens (tertiary/aromatic N) is 3. The molecule has 2 heterocycles. The molecule has 1 aromatic carbocycles. The third-order valence-electron chi connectivity index (χ3n) is 4.76. The van der Waals surface area contributed by atoms with Gasteiger partial charge in [-0.25, -0.2) is 0 Å². The Balaban J connectivity index is 1.63. The van der Waals surface area contributed by atoms with Crippen LogP contribution in [-0.4, -0.2) is 61.3 Å². The molecule has 7 heteroatoms. The van der Waals surface area contributed by atoms with Crippen molar-refractivity contribution in [2.45, 2.75) is 19.5 Å². The topological polar surface area (TPSA) is 68.0 Å². The minimum atomic E-state index is -0.162. The number of rotatable bonds is 6. The van der Waals surface area contributed by atoms with Crippen LogP contribution in [0.25, 0.3) is 0 Å². The standard InChI is InChI=1S/C19H25N3O4/c1-14(15-4-6-16(24-3)7-5-15)21(2)19(23)18-12-17(26-20-18)13-22-8-10-25-11-9-22/h4-7,12,14H,8-11,13H2,1-3H3/t14-/m1/s1. The molecule has 0 saturated carbocycles. The highest BCUT2D eigenvalue weighted by atomic mass is 16.5. The second-order valence-corrected chi connectivity index (χ2v) is 6.43. The van der Waals surface area contributed by atoms with E-state index in [-0.39, 0.29) is 11.9 Å². The number of hydrogen-bond acceptors (Lipinski definition) is 6. The Morgan fingerprint density at radius 1 is 1.31 bits per heavy atom. The van der Waals surface area contributed by atoms with Crippen molar-refractivity contribution in [3.05, 3.63) is 47.3 Å². The van der Waals surface area contributed by atoms with E-state index in [0.29, 0.717) is 18.0 Å². The Labute approximate surface area is 153 Å². The number of aromatic nitrogens is 1. The van der Waals surface area contributed by atoms with Crippen molar-refractivity contribution in [1.82, 2.24) is 15.0 Å². The lowest BCUT2D eigenvalue weighted by Gasteiger charge is -2.25. The summed E-state index contributed by atoms with van der Waals surface area (Å²) in [5.74, 6) is 1.32. The highest BCUT2D eigenvalue weighted by molar-refractivity contribution is 5.92. The van der Waals surface area contributed by atoms with Crippen molar-refractivity contribution in [1.29, 1.82) is 0 Å². The number of hydrogen-bond donors (Lipinski definition) is 0. The predicted molar refractivity (Wildman–Crippen MR) is 96.1 cm³/mol. The Bertz CT molecular complexity index is 723. The summed E-state index contributed by atoms with van der Waals surface area (Å²) in [6.45, 7) is 5.79. The fourth-order valence-corrected chi connectivity index (χ4v) is 2.93. The van der Waals surface area contributed by atoms with Crippen molar-refractivity contribution < 1.29 is 18.8 Å². The molecule has 0 unspecified atom stereocenters. The minimum absolute atomic E-state index is 0.0900. The Kier molecular flexibility index (Phi) is 5.90. The molecule has 1 atom stereocenters. The molecule has 0 bridgehead atoms. The summed E-state index contributed by atoms with van der Waals surface area (Å²) in [5.41, 5.74) is 1.36. The average Bonchev–Trinajstić information content (AvgIpc) is 3.15. The first-order valence-corrected chi connectivity index (χ1v) is 8.75. The largest absolute Gasteiger partial charge is 0.497 e. The van der Waals surface area contributed by atoms with Crippen LogP contribution < -0.4 is 4.74 Å². The number of benzene rings is 1. The van der Waals surface area contributed by atoms with E-state index < -0.39 is 0 Å².